The molecule has 1 saturated heterocycles. The standard InChI is InChI=1S/C21H27ClF4N2O3S.ClH/c1-2-32(30,31)28-13-11-27(12-14-28)20(7-9-21(25,26)10-8-20)6-5-17(29)18-16(23)4-3-15(22)19(18)24;/h3-4H,2,5-14H2,1H3;1H. The number of Topliss-reactive ketones (excluding diaryl/α,β-unsaturated/α-hetero) is 1. The van der Waals surface area contributed by atoms with E-state index in [1.54, 1.807) is 6.92 Å². The molecule has 0 unspecified atom stereocenters. The Labute approximate surface area is 202 Å². The molecule has 0 radical (unpaired) electrons. The number of benzene rings is 1. The Bertz CT molecular complexity index is 961. The fourth-order valence-electron chi connectivity index (χ4n) is 4.68. The van der Waals surface area contributed by atoms with Crippen LogP contribution >= 0.6 is 24.0 Å². The largest absolute Gasteiger partial charge is 0.295 e. The first-order chi connectivity index (χ1) is 14.9. The number of carbonyl (C=O) groups is 1. The van der Waals surface area contributed by atoms with Crippen LogP contribution in [0.2, 0.25) is 5.02 Å². The van der Waals surface area contributed by atoms with Gasteiger partial charge in [-0.25, -0.2) is 26.0 Å². The molecular formula is C21H28Cl2F4N2O3S. The van der Waals surface area contributed by atoms with Crippen LogP contribution < -0.4 is 0 Å². The number of halogens is 6. The van der Waals surface area contributed by atoms with Crippen molar-refractivity contribution in [1.82, 2.24) is 9.21 Å². The number of hydrogen-bond donors (Lipinski definition) is 0. The van der Waals surface area contributed by atoms with Crippen LogP contribution in [0.15, 0.2) is 12.1 Å². The topological polar surface area (TPSA) is 57.7 Å². The molecule has 1 aliphatic carbocycles. The smallest absolute Gasteiger partial charge is 0.248 e. The van der Waals surface area contributed by atoms with Crippen molar-refractivity contribution in [3.8, 4) is 0 Å². The first kappa shape index (κ1) is 28.3. The van der Waals surface area contributed by atoms with Crippen LogP contribution in [0.3, 0.4) is 0 Å². The maximum atomic E-state index is 14.3. The lowest BCUT2D eigenvalue weighted by Gasteiger charge is -2.51. The van der Waals surface area contributed by atoms with Crippen LogP contribution in [-0.2, 0) is 10.0 Å². The van der Waals surface area contributed by atoms with Gasteiger partial charge in [0, 0.05) is 51.0 Å². The number of alkyl halides is 2. The van der Waals surface area contributed by atoms with Gasteiger partial charge in [0.2, 0.25) is 15.9 Å². The van der Waals surface area contributed by atoms with Gasteiger partial charge in [-0.1, -0.05) is 11.6 Å². The number of piperazine rings is 1. The van der Waals surface area contributed by atoms with Gasteiger partial charge in [-0.15, -0.1) is 12.4 Å². The van der Waals surface area contributed by atoms with Gasteiger partial charge < -0.3 is 0 Å². The zero-order chi connectivity index (χ0) is 23.7. The molecule has 3 rings (SSSR count). The highest BCUT2D eigenvalue weighted by molar-refractivity contribution is 7.89. The van der Waals surface area contributed by atoms with Gasteiger partial charge in [0.15, 0.2) is 11.6 Å². The van der Waals surface area contributed by atoms with E-state index in [2.05, 4.69) is 0 Å². The van der Waals surface area contributed by atoms with Gasteiger partial charge in [0.1, 0.15) is 5.82 Å². The van der Waals surface area contributed by atoms with Crippen molar-refractivity contribution in [3.05, 3.63) is 34.4 Å². The molecule has 1 heterocycles. The third kappa shape index (κ3) is 6.20. The maximum absolute atomic E-state index is 14.3. The average molecular weight is 535 g/mol. The summed E-state index contributed by atoms with van der Waals surface area (Å²) >= 11 is 5.68. The molecule has 0 amide bonds. The van der Waals surface area contributed by atoms with Crippen molar-refractivity contribution in [3.63, 3.8) is 0 Å². The van der Waals surface area contributed by atoms with Gasteiger partial charge in [-0.2, -0.15) is 4.31 Å². The van der Waals surface area contributed by atoms with E-state index in [9.17, 15) is 30.8 Å². The second kappa shape index (κ2) is 10.8. The molecule has 1 aromatic carbocycles. The van der Waals surface area contributed by atoms with Crippen LogP contribution in [0.25, 0.3) is 0 Å². The van der Waals surface area contributed by atoms with Crippen molar-refractivity contribution < 1.29 is 30.8 Å². The number of ketones is 1. The third-order valence-electron chi connectivity index (χ3n) is 6.72. The maximum Gasteiger partial charge on any atom is 0.248 e. The number of sulfonamides is 1. The Morgan fingerprint density at radius 3 is 2.18 bits per heavy atom. The van der Waals surface area contributed by atoms with Crippen molar-refractivity contribution in [1.29, 1.82) is 0 Å². The number of rotatable bonds is 7. The Morgan fingerprint density at radius 2 is 1.64 bits per heavy atom. The lowest BCUT2D eigenvalue weighted by molar-refractivity contribution is -0.0891. The Morgan fingerprint density at radius 1 is 1.06 bits per heavy atom. The second-order valence-electron chi connectivity index (χ2n) is 8.51. The first-order valence-corrected chi connectivity index (χ1v) is 12.7. The molecule has 2 fully saturated rings. The molecule has 0 bridgehead atoms. The summed E-state index contributed by atoms with van der Waals surface area (Å²) in [6, 6.07) is 1.94. The van der Waals surface area contributed by atoms with E-state index in [0.717, 1.165) is 12.1 Å². The normalized spacial score (nSPS) is 21.4. The van der Waals surface area contributed by atoms with Gasteiger partial charge in [0.05, 0.1) is 16.3 Å². The molecule has 1 saturated carbocycles. The molecule has 0 spiro atoms. The third-order valence-corrected chi connectivity index (χ3v) is 8.89. The van der Waals surface area contributed by atoms with E-state index in [1.807, 2.05) is 4.90 Å². The summed E-state index contributed by atoms with van der Waals surface area (Å²) in [7, 11) is -3.35. The highest BCUT2D eigenvalue weighted by Crippen LogP contribution is 2.44. The monoisotopic (exact) mass is 534 g/mol. The van der Waals surface area contributed by atoms with Crippen LogP contribution in [0, 0.1) is 11.6 Å². The molecule has 1 aromatic rings. The van der Waals surface area contributed by atoms with Crippen LogP contribution in [0.1, 0.15) is 55.8 Å². The minimum Gasteiger partial charge on any atom is -0.295 e. The highest BCUT2D eigenvalue weighted by Gasteiger charge is 2.47. The van der Waals surface area contributed by atoms with E-state index < -0.39 is 44.5 Å². The molecule has 12 heteroatoms. The van der Waals surface area contributed by atoms with Crippen LogP contribution in [0.4, 0.5) is 17.6 Å². The van der Waals surface area contributed by atoms with Crippen molar-refractivity contribution in [2.45, 2.75) is 56.9 Å². The lowest BCUT2D eigenvalue weighted by atomic mass is 9.74. The Balaban J connectivity index is 0.00000385. The Kier molecular flexibility index (Phi) is 9.23. The fraction of sp³-hybridized carbons (Fsp3) is 0.667. The van der Waals surface area contributed by atoms with Gasteiger partial charge >= 0.3 is 0 Å². The second-order valence-corrected chi connectivity index (χ2v) is 11.2. The number of nitrogens with zero attached hydrogens (tertiary/aromatic N) is 2. The summed E-state index contributed by atoms with van der Waals surface area (Å²) < 4.78 is 81.8. The quantitative estimate of drug-likeness (QED) is 0.283. The molecule has 0 atom stereocenters. The zero-order valence-electron chi connectivity index (χ0n) is 18.3. The summed E-state index contributed by atoms with van der Waals surface area (Å²) in [5.74, 6) is -5.73. The predicted octanol–water partition coefficient (Wildman–Crippen LogP) is 4.92. The molecule has 0 N–H and O–H groups in total. The predicted molar refractivity (Wildman–Crippen MR) is 121 cm³/mol. The molecule has 2 aliphatic rings. The van der Waals surface area contributed by atoms with Crippen molar-refractivity contribution in [2.75, 3.05) is 31.9 Å². The minimum absolute atomic E-state index is 0. The molecule has 188 valence electrons. The van der Waals surface area contributed by atoms with Gasteiger partial charge in [0.25, 0.3) is 0 Å². The van der Waals surface area contributed by atoms with Crippen LogP contribution in [0.5, 0.6) is 0 Å². The molecule has 0 aromatic heterocycles. The lowest BCUT2D eigenvalue weighted by Crippen LogP contribution is -2.60. The molecular weight excluding hydrogens is 507 g/mol. The molecule has 5 nitrogen and oxygen atoms in total. The summed E-state index contributed by atoms with van der Waals surface area (Å²) in [5, 5.41) is -0.366. The van der Waals surface area contributed by atoms with E-state index in [-0.39, 0.29) is 74.8 Å². The van der Waals surface area contributed by atoms with Crippen LogP contribution in [-0.4, -0.2) is 66.8 Å². The van der Waals surface area contributed by atoms with Gasteiger partial charge in [-0.05, 0) is 38.3 Å². The first-order valence-electron chi connectivity index (χ1n) is 10.7. The fourth-order valence-corrected chi connectivity index (χ4v) is 5.92. The van der Waals surface area contributed by atoms with E-state index >= 15 is 0 Å². The van der Waals surface area contributed by atoms with E-state index in [1.165, 1.54) is 4.31 Å². The SMILES string of the molecule is CCS(=O)(=O)N1CCN(C2(CCC(=O)c3c(F)ccc(Cl)c3F)CCC(F)(F)CC2)CC1.Cl. The Hall–Kier alpha value is -0.940. The van der Waals surface area contributed by atoms with Gasteiger partial charge in [-0.3, -0.25) is 9.69 Å². The molecule has 33 heavy (non-hydrogen) atoms. The number of carbonyl (C=O) groups excluding carboxylic acids is 1. The summed E-state index contributed by atoms with van der Waals surface area (Å²) in [6.45, 7) is 2.73. The van der Waals surface area contributed by atoms with E-state index in [0.29, 0.717) is 13.1 Å². The summed E-state index contributed by atoms with van der Waals surface area (Å²) in [6.07, 6.45) is -0.549. The zero-order valence-corrected chi connectivity index (χ0v) is 20.6. The minimum atomic E-state index is -3.35. The molecule has 1 aliphatic heterocycles. The van der Waals surface area contributed by atoms with Crippen molar-refractivity contribution >= 4 is 39.8 Å². The number of hydrogen-bond acceptors (Lipinski definition) is 4. The summed E-state index contributed by atoms with van der Waals surface area (Å²) in [5.41, 5.74) is -1.47. The van der Waals surface area contributed by atoms with Crippen molar-refractivity contribution in [2.24, 2.45) is 0 Å². The average Bonchev–Trinajstić information content (AvgIpc) is 2.76. The van der Waals surface area contributed by atoms with E-state index in [4.69, 9.17) is 11.6 Å². The highest BCUT2D eigenvalue weighted by atomic mass is 35.5. The summed E-state index contributed by atoms with van der Waals surface area (Å²) in [4.78, 5) is 14.6.